The van der Waals surface area contributed by atoms with Crippen LogP contribution in [-0.2, 0) is 16.1 Å². The van der Waals surface area contributed by atoms with E-state index >= 15 is 0 Å². The van der Waals surface area contributed by atoms with Crippen LogP contribution in [0.3, 0.4) is 0 Å². The maximum absolute atomic E-state index is 12.1. The van der Waals surface area contributed by atoms with E-state index in [-0.39, 0.29) is 12.0 Å². The van der Waals surface area contributed by atoms with Gasteiger partial charge in [0.2, 0.25) is 0 Å². The molecule has 22 heavy (non-hydrogen) atoms. The van der Waals surface area contributed by atoms with Crippen LogP contribution in [0.1, 0.15) is 25.3 Å². The summed E-state index contributed by atoms with van der Waals surface area (Å²) in [5, 5.41) is 0. The molecule has 0 aliphatic carbocycles. The Morgan fingerprint density at radius 1 is 1.32 bits per heavy atom. The third-order valence-electron chi connectivity index (χ3n) is 4.08. The topological polar surface area (TPSA) is 60.4 Å². The highest BCUT2D eigenvalue weighted by Crippen LogP contribution is 2.40. The quantitative estimate of drug-likeness (QED) is 0.799. The van der Waals surface area contributed by atoms with E-state index in [0.29, 0.717) is 24.7 Å². The zero-order valence-electron chi connectivity index (χ0n) is 13.1. The molecule has 1 aromatic carbocycles. The molecule has 118 valence electrons. The smallest absolute Gasteiger partial charge is 0.328 e. The molecule has 0 spiro atoms. The van der Waals surface area contributed by atoms with Gasteiger partial charge in [0, 0.05) is 24.6 Å². The van der Waals surface area contributed by atoms with Gasteiger partial charge in [-0.25, -0.2) is 9.79 Å². The van der Waals surface area contributed by atoms with Crippen LogP contribution >= 0.6 is 0 Å². The Morgan fingerprint density at radius 2 is 2.05 bits per heavy atom. The SMILES string of the molecule is CCOC(=O)[C@H]1CCC2=Nc3cc(OC)c(OC)cc3CN21. The van der Waals surface area contributed by atoms with Gasteiger partial charge in [-0.1, -0.05) is 0 Å². The van der Waals surface area contributed by atoms with E-state index in [1.165, 1.54) is 0 Å². The first-order valence-corrected chi connectivity index (χ1v) is 7.43. The number of hydrogen-bond acceptors (Lipinski definition) is 6. The number of esters is 1. The molecule has 1 saturated heterocycles. The summed E-state index contributed by atoms with van der Waals surface area (Å²) in [6, 6.07) is 3.57. The minimum absolute atomic E-state index is 0.170. The van der Waals surface area contributed by atoms with Gasteiger partial charge < -0.3 is 19.1 Å². The molecule has 3 rings (SSSR count). The summed E-state index contributed by atoms with van der Waals surface area (Å²) in [5.74, 6) is 2.11. The van der Waals surface area contributed by atoms with Crippen molar-refractivity contribution >= 4 is 17.5 Å². The van der Waals surface area contributed by atoms with Gasteiger partial charge in [0.05, 0.1) is 26.5 Å². The predicted molar refractivity (Wildman–Crippen MR) is 81.8 cm³/mol. The highest BCUT2D eigenvalue weighted by Gasteiger charge is 2.38. The van der Waals surface area contributed by atoms with E-state index in [1.807, 2.05) is 24.0 Å². The maximum atomic E-state index is 12.1. The number of benzene rings is 1. The number of rotatable bonds is 4. The van der Waals surface area contributed by atoms with Gasteiger partial charge in [0.1, 0.15) is 11.9 Å². The summed E-state index contributed by atoms with van der Waals surface area (Å²) in [4.78, 5) is 18.8. The molecule has 0 bridgehead atoms. The van der Waals surface area contributed by atoms with Gasteiger partial charge in [0.25, 0.3) is 0 Å². The normalized spacial score (nSPS) is 19.1. The van der Waals surface area contributed by atoms with Crippen molar-refractivity contribution in [3.8, 4) is 11.5 Å². The van der Waals surface area contributed by atoms with E-state index in [1.54, 1.807) is 14.2 Å². The molecule has 2 aliphatic rings. The van der Waals surface area contributed by atoms with E-state index in [4.69, 9.17) is 14.2 Å². The zero-order chi connectivity index (χ0) is 15.7. The van der Waals surface area contributed by atoms with Crippen molar-refractivity contribution in [1.82, 2.24) is 4.90 Å². The minimum Gasteiger partial charge on any atom is -0.493 e. The van der Waals surface area contributed by atoms with Crippen molar-refractivity contribution in [2.75, 3.05) is 20.8 Å². The molecule has 0 aromatic heterocycles. The summed E-state index contributed by atoms with van der Waals surface area (Å²) in [6.07, 6.45) is 1.54. The Labute approximate surface area is 129 Å². The lowest BCUT2D eigenvalue weighted by Crippen LogP contribution is -2.40. The van der Waals surface area contributed by atoms with Gasteiger partial charge in [-0.05, 0) is 19.4 Å². The summed E-state index contributed by atoms with van der Waals surface area (Å²) in [5.41, 5.74) is 1.91. The van der Waals surface area contributed by atoms with E-state index in [0.717, 1.165) is 29.9 Å². The van der Waals surface area contributed by atoms with Gasteiger partial charge in [0.15, 0.2) is 11.5 Å². The Bertz CT molecular complexity index is 627. The number of hydrogen-bond donors (Lipinski definition) is 0. The number of amidine groups is 1. The van der Waals surface area contributed by atoms with E-state index < -0.39 is 0 Å². The lowest BCUT2D eigenvalue weighted by Gasteiger charge is -2.29. The van der Waals surface area contributed by atoms with Crippen LogP contribution in [-0.4, -0.2) is 43.6 Å². The fourth-order valence-corrected chi connectivity index (χ4v) is 3.01. The third kappa shape index (κ3) is 2.38. The van der Waals surface area contributed by atoms with Crippen LogP contribution in [0.25, 0.3) is 0 Å². The predicted octanol–water partition coefficient (Wildman–Crippen LogP) is 2.27. The first kappa shape index (κ1) is 14.7. The third-order valence-corrected chi connectivity index (χ3v) is 4.08. The molecule has 2 heterocycles. The second kappa shape index (κ2) is 5.87. The summed E-state index contributed by atoms with van der Waals surface area (Å²) >= 11 is 0. The molecule has 6 heteroatoms. The summed E-state index contributed by atoms with van der Waals surface area (Å²) < 4.78 is 15.8. The summed E-state index contributed by atoms with van der Waals surface area (Å²) in [7, 11) is 3.22. The Morgan fingerprint density at radius 3 is 2.73 bits per heavy atom. The van der Waals surface area contributed by atoms with Crippen molar-refractivity contribution < 1.29 is 19.0 Å². The summed E-state index contributed by atoms with van der Waals surface area (Å²) in [6.45, 7) is 2.86. The number of ether oxygens (including phenoxy) is 3. The molecule has 0 unspecified atom stereocenters. The Hall–Kier alpha value is -2.24. The lowest BCUT2D eigenvalue weighted by atomic mass is 10.1. The number of methoxy groups -OCH3 is 2. The number of carbonyl (C=O) groups is 1. The molecule has 0 radical (unpaired) electrons. The van der Waals surface area contributed by atoms with Crippen LogP contribution in [0.4, 0.5) is 5.69 Å². The van der Waals surface area contributed by atoms with E-state index in [9.17, 15) is 4.79 Å². The Balaban J connectivity index is 1.92. The first-order valence-electron chi connectivity index (χ1n) is 7.43. The lowest BCUT2D eigenvalue weighted by molar-refractivity contribution is -0.147. The molecule has 1 aromatic rings. The molecule has 1 atom stereocenters. The van der Waals surface area contributed by atoms with Gasteiger partial charge >= 0.3 is 5.97 Å². The van der Waals surface area contributed by atoms with Crippen molar-refractivity contribution in [1.29, 1.82) is 0 Å². The van der Waals surface area contributed by atoms with Crippen LogP contribution in [0.2, 0.25) is 0 Å². The van der Waals surface area contributed by atoms with Gasteiger partial charge in [-0.2, -0.15) is 0 Å². The molecule has 0 saturated carbocycles. The zero-order valence-corrected chi connectivity index (χ0v) is 13.1. The maximum Gasteiger partial charge on any atom is 0.328 e. The van der Waals surface area contributed by atoms with Crippen LogP contribution in [0.5, 0.6) is 11.5 Å². The molecule has 2 aliphatic heterocycles. The highest BCUT2D eigenvalue weighted by molar-refractivity contribution is 5.94. The second-order valence-corrected chi connectivity index (χ2v) is 5.30. The monoisotopic (exact) mass is 304 g/mol. The van der Waals surface area contributed by atoms with Crippen LogP contribution in [0, 0.1) is 0 Å². The van der Waals surface area contributed by atoms with Crippen molar-refractivity contribution in [3.63, 3.8) is 0 Å². The molecule has 0 N–H and O–H groups in total. The van der Waals surface area contributed by atoms with Crippen molar-refractivity contribution in [2.24, 2.45) is 4.99 Å². The van der Waals surface area contributed by atoms with Crippen LogP contribution < -0.4 is 9.47 Å². The largest absolute Gasteiger partial charge is 0.493 e. The molecule has 6 nitrogen and oxygen atoms in total. The van der Waals surface area contributed by atoms with Crippen molar-refractivity contribution in [3.05, 3.63) is 17.7 Å². The van der Waals surface area contributed by atoms with Gasteiger partial charge in [-0.3, -0.25) is 0 Å². The highest BCUT2D eigenvalue weighted by atomic mass is 16.5. The average molecular weight is 304 g/mol. The molecular formula is C16H20N2O4. The minimum atomic E-state index is -0.236. The first-order chi connectivity index (χ1) is 10.7. The van der Waals surface area contributed by atoms with Gasteiger partial charge in [-0.15, -0.1) is 0 Å². The number of fused-ring (bicyclic) bond motifs is 2. The fourth-order valence-electron chi connectivity index (χ4n) is 3.01. The fraction of sp³-hybridized carbons (Fsp3) is 0.500. The average Bonchev–Trinajstić information content (AvgIpc) is 2.94. The number of aliphatic imine (C=N–C) groups is 1. The van der Waals surface area contributed by atoms with E-state index in [2.05, 4.69) is 4.99 Å². The standard InChI is InChI=1S/C16H20N2O4/c1-4-22-16(19)12-5-6-15-17-11-8-14(21-3)13(20-2)7-10(11)9-18(12)15/h7-8,12H,4-6,9H2,1-3H3/t12-/m1/s1. The Kier molecular flexibility index (Phi) is 3.92. The molecular weight excluding hydrogens is 284 g/mol. The molecule has 0 amide bonds. The number of nitrogens with zero attached hydrogens (tertiary/aromatic N) is 2. The second-order valence-electron chi connectivity index (χ2n) is 5.30. The molecule has 1 fully saturated rings. The number of carbonyl (C=O) groups excluding carboxylic acids is 1. The van der Waals surface area contributed by atoms with Crippen molar-refractivity contribution in [2.45, 2.75) is 32.4 Å². The van der Waals surface area contributed by atoms with Crippen LogP contribution in [0.15, 0.2) is 17.1 Å².